The van der Waals surface area contributed by atoms with Crippen LogP contribution in [0.15, 0.2) is 52.9 Å². The van der Waals surface area contributed by atoms with Gasteiger partial charge < -0.3 is 5.11 Å². The third kappa shape index (κ3) is 2.57. The number of amidine groups is 1. The summed E-state index contributed by atoms with van der Waals surface area (Å²) in [6, 6.07) is 7.73. The van der Waals surface area contributed by atoms with Crippen LogP contribution in [0.2, 0.25) is 0 Å². The van der Waals surface area contributed by atoms with Crippen molar-refractivity contribution in [2.24, 2.45) is 9.98 Å². The van der Waals surface area contributed by atoms with Crippen molar-refractivity contribution in [2.75, 3.05) is 0 Å². The number of hydrogen-bond donors (Lipinski definition) is 1. The van der Waals surface area contributed by atoms with Crippen molar-refractivity contribution in [1.82, 2.24) is 9.78 Å². The van der Waals surface area contributed by atoms with Crippen LogP contribution in [0.1, 0.15) is 6.92 Å². The van der Waals surface area contributed by atoms with E-state index in [1.807, 2.05) is 24.3 Å². The Bertz CT molecular complexity index is 657. The zero-order chi connectivity index (χ0) is 13.1. The maximum Gasteiger partial charge on any atom is 0.227 e. The largest absolute Gasteiger partial charge is 0.494 e. The van der Waals surface area contributed by atoms with Crippen molar-refractivity contribution < 1.29 is 5.11 Å². The molecule has 0 unspecified atom stereocenters. The van der Waals surface area contributed by atoms with E-state index in [1.165, 1.54) is 0 Å². The smallest absolute Gasteiger partial charge is 0.227 e. The summed E-state index contributed by atoms with van der Waals surface area (Å²) in [5, 5.41) is 14.0. The SMILES string of the molecule is C=C(O)/N=C(Cl)\N=C(/C)n1ncc2ccccc21. The number of hydrogen-bond acceptors (Lipinski definition) is 3. The highest BCUT2D eigenvalue weighted by Gasteiger charge is 2.04. The normalized spacial score (nSPS) is 13.0. The Balaban J connectivity index is 2.42. The molecule has 0 atom stereocenters. The number of aliphatic imine (C=N–C) groups is 2. The third-order valence-corrected chi connectivity index (χ3v) is 2.43. The second-order valence-electron chi connectivity index (χ2n) is 3.57. The molecule has 0 saturated carbocycles. The molecule has 0 aliphatic heterocycles. The van der Waals surface area contributed by atoms with Crippen LogP contribution in [0.4, 0.5) is 0 Å². The second kappa shape index (κ2) is 5.01. The number of aromatic nitrogens is 2. The lowest BCUT2D eigenvalue weighted by molar-refractivity contribution is 0.410. The Kier molecular flexibility index (Phi) is 3.43. The molecule has 5 nitrogen and oxygen atoms in total. The van der Waals surface area contributed by atoms with Gasteiger partial charge in [-0.25, -0.2) is 9.67 Å². The highest BCUT2D eigenvalue weighted by Crippen LogP contribution is 2.12. The van der Waals surface area contributed by atoms with E-state index in [2.05, 4.69) is 21.7 Å². The molecule has 18 heavy (non-hydrogen) atoms. The molecular formula is C12H11ClN4O. The maximum atomic E-state index is 8.88. The molecule has 0 aliphatic rings. The van der Waals surface area contributed by atoms with Gasteiger partial charge in [-0.3, -0.25) is 0 Å². The molecule has 1 aromatic carbocycles. The Labute approximate surface area is 109 Å². The van der Waals surface area contributed by atoms with Crippen molar-refractivity contribution in [3.05, 3.63) is 42.9 Å². The molecule has 1 aromatic heterocycles. The summed E-state index contributed by atoms with van der Waals surface area (Å²) in [6.45, 7) is 4.95. The van der Waals surface area contributed by atoms with Gasteiger partial charge in [0.1, 0.15) is 5.84 Å². The number of aliphatic hydroxyl groups excluding tert-OH is 1. The van der Waals surface area contributed by atoms with E-state index in [9.17, 15) is 0 Å². The number of nitrogens with zero attached hydrogens (tertiary/aromatic N) is 4. The molecular weight excluding hydrogens is 252 g/mol. The van der Waals surface area contributed by atoms with Crippen LogP contribution in [-0.4, -0.2) is 26.0 Å². The van der Waals surface area contributed by atoms with Gasteiger partial charge in [-0.1, -0.05) is 18.2 Å². The van der Waals surface area contributed by atoms with E-state index < -0.39 is 0 Å². The zero-order valence-corrected chi connectivity index (χ0v) is 10.5. The number of rotatable bonds is 1. The lowest BCUT2D eigenvalue weighted by Gasteiger charge is -2.01. The highest BCUT2D eigenvalue weighted by atomic mass is 35.5. The van der Waals surface area contributed by atoms with Crippen LogP contribution in [0.5, 0.6) is 0 Å². The van der Waals surface area contributed by atoms with Gasteiger partial charge in [0.05, 0.1) is 11.7 Å². The minimum Gasteiger partial charge on any atom is -0.494 e. The van der Waals surface area contributed by atoms with Crippen molar-refractivity contribution in [3.63, 3.8) is 0 Å². The lowest BCUT2D eigenvalue weighted by atomic mass is 10.2. The molecule has 1 N–H and O–H groups in total. The molecule has 6 heteroatoms. The highest BCUT2D eigenvalue weighted by molar-refractivity contribution is 6.65. The predicted octanol–water partition coefficient (Wildman–Crippen LogP) is 2.93. The first kappa shape index (κ1) is 12.3. The van der Waals surface area contributed by atoms with Crippen LogP contribution in [-0.2, 0) is 0 Å². The average Bonchev–Trinajstić information content (AvgIpc) is 2.71. The van der Waals surface area contributed by atoms with E-state index >= 15 is 0 Å². The third-order valence-electron chi connectivity index (χ3n) is 2.26. The monoisotopic (exact) mass is 262 g/mol. The van der Waals surface area contributed by atoms with Gasteiger partial charge in [-0.15, -0.1) is 0 Å². The molecule has 0 aliphatic carbocycles. The molecule has 0 saturated heterocycles. The van der Waals surface area contributed by atoms with E-state index in [0.717, 1.165) is 10.9 Å². The summed E-state index contributed by atoms with van der Waals surface area (Å²) in [6.07, 6.45) is 1.74. The topological polar surface area (TPSA) is 62.8 Å². The Hall–Kier alpha value is -2.14. The van der Waals surface area contributed by atoms with Crippen LogP contribution < -0.4 is 0 Å². The van der Waals surface area contributed by atoms with Crippen LogP contribution in [0.25, 0.3) is 10.9 Å². The second-order valence-corrected chi connectivity index (χ2v) is 3.91. The number of benzene rings is 1. The summed E-state index contributed by atoms with van der Waals surface area (Å²) in [5.41, 5.74) is 0.922. The maximum absolute atomic E-state index is 8.88. The average molecular weight is 263 g/mol. The van der Waals surface area contributed by atoms with Crippen molar-refractivity contribution >= 4 is 33.6 Å². The number of para-hydroxylation sites is 1. The summed E-state index contributed by atoms with van der Waals surface area (Å²) < 4.78 is 1.65. The quantitative estimate of drug-likeness (QED) is 0.372. The summed E-state index contributed by atoms with van der Waals surface area (Å²) in [4.78, 5) is 7.54. The van der Waals surface area contributed by atoms with Gasteiger partial charge in [-0.05, 0) is 31.2 Å². The molecule has 0 amide bonds. The number of fused-ring (bicyclic) bond motifs is 1. The van der Waals surface area contributed by atoms with Gasteiger partial charge in [0.2, 0.25) is 11.2 Å². The molecule has 0 fully saturated rings. The first-order valence-corrected chi connectivity index (χ1v) is 5.56. The Morgan fingerprint density at radius 2 is 2.11 bits per heavy atom. The van der Waals surface area contributed by atoms with Gasteiger partial charge in [0, 0.05) is 5.39 Å². The number of halogens is 1. The predicted molar refractivity (Wildman–Crippen MR) is 73.3 cm³/mol. The van der Waals surface area contributed by atoms with Crippen molar-refractivity contribution in [1.29, 1.82) is 0 Å². The Morgan fingerprint density at radius 1 is 1.39 bits per heavy atom. The minimum absolute atomic E-state index is 0.0976. The number of aliphatic hydroxyl groups is 1. The van der Waals surface area contributed by atoms with Crippen molar-refractivity contribution in [2.45, 2.75) is 6.92 Å². The van der Waals surface area contributed by atoms with Gasteiger partial charge in [0.25, 0.3) is 0 Å². The first-order valence-electron chi connectivity index (χ1n) is 5.18. The molecule has 2 aromatic rings. The summed E-state index contributed by atoms with van der Waals surface area (Å²) >= 11 is 5.74. The van der Waals surface area contributed by atoms with E-state index in [0.29, 0.717) is 5.84 Å². The molecule has 92 valence electrons. The summed E-state index contributed by atoms with van der Waals surface area (Å²) in [5.74, 6) is 0.160. The van der Waals surface area contributed by atoms with Gasteiger partial charge in [0.15, 0.2) is 0 Å². The lowest BCUT2D eigenvalue weighted by Crippen LogP contribution is -2.10. The standard InChI is InChI=1S/C12H11ClN4O/c1-8(15-12(13)16-9(2)18)17-11-6-4-3-5-10(11)7-14-17/h3-7,18H,2H2,1H3/b15-8+,16-12-. The van der Waals surface area contributed by atoms with Crippen LogP contribution in [0.3, 0.4) is 0 Å². The zero-order valence-electron chi connectivity index (χ0n) is 9.71. The van der Waals surface area contributed by atoms with Gasteiger partial charge in [-0.2, -0.15) is 10.1 Å². The fraction of sp³-hybridized carbons (Fsp3) is 0.0833. The fourth-order valence-electron chi connectivity index (χ4n) is 1.54. The Morgan fingerprint density at radius 3 is 2.83 bits per heavy atom. The van der Waals surface area contributed by atoms with Gasteiger partial charge >= 0.3 is 0 Å². The minimum atomic E-state index is -0.387. The molecule has 0 bridgehead atoms. The molecule has 1 heterocycles. The molecule has 0 spiro atoms. The van der Waals surface area contributed by atoms with Crippen LogP contribution >= 0.6 is 11.6 Å². The van der Waals surface area contributed by atoms with Crippen LogP contribution in [0, 0.1) is 0 Å². The summed E-state index contributed by atoms with van der Waals surface area (Å²) in [7, 11) is 0. The molecule has 0 radical (unpaired) electrons. The first-order chi connectivity index (χ1) is 8.58. The van der Waals surface area contributed by atoms with E-state index in [1.54, 1.807) is 17.8 Å². The van der Waals surface area contributed by atoms with Crippen molar-refractivity contribution in [3.8, 4) is 0 Å². The van der Waals surface area contributed by atoms with E-state index in [-0.39, 0.29) is 11.2 Å². The fourth-order valence-corrected chi connectivity index (χ4v) is 1.76. The molecule has 2 rings (SSSR count). The van der Waals surface area contributed by atoms with E-state index in [4.69, 9.17) is 16.7 Å².